The van der Waals surface area contributed by atoms with Crippen molar-refractivity contribution in [2.45, 2.75) is 6.92 Å². The molecular weight excluding hydrogens is 276 g/mol. The maximum absolute atomic E-state index is 11.9. The molecule has 1 heterocycles. The zero-order valence-corrected chi connectivity index (χ0v) is 12.2. The van der Waals surface area contributed by atoms with Crippen LogP contribution in [0.25, 0.3) is 16.5 Å². The Bertz CT molecular complexity index is 819. The quantitative estimate of drug-likeness (QED) is 0.591. The van der Waals surface area contributed by atoms with Crippen LogP contribution >= 0.6 is 0 Å². The Labute approximate surface area is 128 Å². The molecule has 0 aliphatic rings. The summed E-state index contributed by atoms with van der Waals surface area (Å²) in [5, 5.41) is 7.96. The summed E-state index contributed by atoms with van der Waals surface area (Å²) in [7, 11) is 0. The van der Waals surface area contributed by atoms with E-state index in [1.54, 1.807) is 19.2 Å². The molecule has 0 fully saturated rings. The average molecular weight is 292 g/mol. The zero-order chi connectivity index (χ0) is 15.4. The van der Waals surface area contributed by atoms with Crippen LogP contribution in [0.5, 0.6) is 0 Å². The monoisotopic (exact) mass is 292 g/mol. The van der Waals surface area contributed by atoms with Crippen LogP contribution < -0.4 is 0 Å². The van der Waals surface area contributed by atoms with Gasteiger partial charge in [0.2, 0.25) is 0 Å². The van der Waals surface area contributed by atoms with E-state index in [0.717, 1.165) is 27.6 Å². The number of H-pyrrole nitrogens is 1. The second-order valence-corrected chi connectivity index (χ2v) is 4.85. The SMILES string of the molecule is CCOC(=O)/C=C(/c1ccccc1)c1ccc2[nH]ncc2c1. The third kappa shape index (κ3) is 2.91. The van der Waals surface area contributed by atoms with E-state index in [9.17, 15) is 4.79 Å². The fourth-order valence-corrected chi connectivity index (χ4v) is 2.36. The number of aromatic amines is 1. The fraction of sp³-hybridized carbons (Fsp3) is 0.111. The van der Waals surface area contributed by atoms with E-state index in [4.69, 9.17) is 4.74 Å². The first-order chi connectivity index (χ1) is 10.8. The van der Waals surface area contributed by atoms with Crippen LogP contribution in [-0.4, -0.2) is 22.8 Å². The number of hydrogen-bond acceptors (Lipinski definition) is 3. The lowest BCUT2D eigenvalue weighted by Crippen LogP contribution is -2.01. The summed E-state index contributed by atoms with van der Waals surface area (Å²) in [6.45, 7) is 2.16. The molecule has 0 spiro atoms. The van der Waals surface area contributed by atoms with Crippen molar-refractivity contribution < 1.29 is 9.53 Å². The smallest absolute Gasteiger partial charge is 0.331 e. The van der Waals surface area contributed by atoms with Crippen molar-refractivity contribution in [1.29, 1.82) is 0 Å². The molecule has 110 valence electrons. The van der Waals surface area contributed by atoms with Gasteiger partial charge in [0, 0.05) is 11.5 Å². The Hall–Kier alpha value is -2.88. The average Bonchev–Trinajstić information content (AvgIpc) is 3.01. The lowest BCUT2D eigenvalue weighted by Gasteiger charge is -2.09. The number of ether oxygens (including phenoxy) is 1. The highest BCUT2D eigenvalue weighted by molar-refractivity contribution is 5.97. The molecule has 1 aromatic heterocycles. The molecule has 22 heavy (non-hydrogen) atoms. The maximum atomic E-state index is 11.9. The first-order valence-electron chi connectivity index (χ1n) is 7.15. The highest BCUT2D eigenvalue weighted by Gasteiger charge is 2.09. The molecule has 3 rings (SSSR count). The summed E-state index contributed by atoms with van der Waals surface area (Å²) in [6, 6.07) is 15.7. The van der Waals surface area contributed by atoms with Crippen LogP contribution in [0.4, 0.5) is 0 Å². The van der Waals surface area contributed by atoms with E-state index in [2.05, 4.69) is 10.2 Å². The van der Waals surface area contributed by atoms with Gasteiger partial charge in [0.05, 0.1) is 18.3 Å². The van der Waals surface area contributed by atoms with Gasteiger partial charge in [0.1, 0.15) is 0 Å². The lowest BCUT2D eigenvalue weighted by atomic mass is 9.96. The van der Waals surface area contributed by atoms with Crippen molar-refractivity contribution in [2.24, 2.45) is 0 Å². The summed E-state index contributed by atoms with van der Waals surface area (Å²) < 4.78 is 5.05. The number of nitrogens with zero attached hydrogens (tertiary/aromatic N) is 1. The highest BCUT2D eigenvalue weighted by Crippen LogP contribution is 2.26. The van der Waals surface area contributed by atoms with Crippen LogP contribution in [0.1, 0.15) is 18.1 Å². The molecule has 4 nitrogen and oxygen atoms in total. The molecule has 4 heteroatoms. The minimum absolute atomic E-state index is 0.339. The van der Waals surface area contributed by atoms with Crippen LogP contribution in [0.15, 0.2) is 60.8 Å². The van der Waals surface area contributed by atoms with Gasteiger partial charge in [0.15, 0.2) is 0 Å². The maximum Gasteiger partial charge on any atom is 0.331 e. The molecule has 0 amide bonds. The Balaban J connectivity index is 2.10. The standard InChI is InChI=1S/C18H16N2O2/c1-2-22-18(21)11-16(13-6-4-3-5-7-13)14-8-9-17-15(10-14)12-19-20-17/h3-12H,2H2,1H3,(H,19,20)/b16-11-. The number of carbonyl (C=O) groups is 1. The van der Waals surface area contributed by atoms with Crippen LogP contribution in [0, 0.1) is 0 Å². The minimum Gasteiger partial charge on any atom is -0.463 e. The van der Waals surface area contributed by atoms with Crippen LogP contribution in [-0.2, 0) is 9.53 Å². The van der Waals surface area contributed by atoms with E-state index in [0.29, 0.717) is 6.61 Å². The van der Waals surface area contributed by atoms with E-state index in [1.165, 1.54) is 0 Å². The normalized spacial score (nSPS) is 11.6. The number of fused-ring (bicyclic) bond motifs is 1. The number of benzene rings is 2. The molecule has 2 aromatic carbocycles. The Morgan fingerprint density at radius 2 is 2.00 bits per heavy atom. The Morgan fingerprint density at radius 3 is 2.77 bits per heavy atom. The summed E-state index contributed by atoms with van der Waals surface area (Å²) in [4.78, 5) is 11.9. The van der Waals surface area contributed by atoms with E-state index in [-0.39, 0.29) is 5.97 Å². The summed E-state index contributed by atoms with van der Waals surface area (Å²) in [5.41, 5.74) is 3.72. The second-order valence-electron chi connectivity index (χ2n) is 4.85. The number of aromatic nitrogens is 2. The lowest BCUT2D eigenvalue weighted by molar-refractivity contribution is -0.137. The van der Waals surface area contributed by atoms with Gasteiger partial charge in [-0.3, -0.25) is 5.10 Å². The first-order valence-corrected chi connectivity index (χ1v) is 7.15. The first kappa shape index (κ1) is 14.1. The molecule has 1 N–H and O–H groups in total. The number of nitrogens with one attached hydrogen (secondary N) is 1. The predicted molar refractivity (Wildman–Crippen MR) is 86.2 cm³/mol. The van der Waals surface area contributed by atoms with Crippen molar-refractivity contribution in [2.75, 3.05) is 6.61 Å². The molecule has 0 saturated carbocycles. The van der Waals surface area contributed by atoms with Gasteiger partial charge in [-0.05, 0) is 35.8 Å². The van der Waals surface area contributed by atoms with Gasteiger partial charge in [-0.15, -0.1) is 0 Å². The number of rotatable bonds is 4. The van der Waals surface area contributed by atoms with Gasteiger partial charge in [-0.2, -0.15) is 5.10 Å². The molecule has 3 aromatic rings. The fourth-order valence-electron chi connectivity index (χ4n) is 2.36. The van der Waals surface area contributed by atoms with Crippen molar-refractivity contribution in [1.82, 2.24) is 10.2 Å². The van der Waals surface area contributed by atoms with E-state index in [1.807, 2.05) is 48.5 Å². The van der Waals surface area contributed by atoms with Gasteiger partial charge < -0.3 is 4.74 Å². The second kappa shape index (κ2) is 6.26. The number of carbonyl (C=O) groups excluding carboxylic acids is 1. The predicted octanol–water partition coefficient (Wildman–Crippen LogP) is 3.56. The zero-order valence-electron chi connectivity index (χ0n) is 12.2. The van der Waals surface area contributed by atoms with Crippen LogP contribution in [0.2, 0.25) is 0 Å². The molecule has 0 bridgehead atoms. The van der Waals surface area contributed by atoms with E-state index >= 15 is 0 Å². The third-order valence-electron chi connectivity index (χ3n) is 3.38. The topological polar surface area (TPSA) is 55.0 Å². The molecule has 0 unspecified atom stereocenters. The number of hydrogen-bond donors (Lipinski definition) is 1. The molecule has 0 radical (unpaired) electrons. The Morgan fingerprint density at radius 1 is 1.18 bits per heavy atom. The summed E-state index contributed by atoms with van der Waals surface area (Å²) in [5.74, 6) is -0.339. The number of esters is 1. The highest BCUT2D eigenvalue weighted by atomic mass is 16.5. The molecule has 0 atom stereocenters. The van der Waals surface area contributed by atoms with E-state index < -0.39 is 0 Å². The molecule has 0 saturated heterocycles. The third-order valence-corrected chi connectivity index (χ3v) is 3.38. The van der Waals surface area contributed by atoms with Crippen molar-refractivity contribution in [3.63, 3.8) is 0 Å². The summed E-state index contributed by atoms with van der Waals surface area (Å²) >= 11 is 0. The minimum atomic E-state index is -0.339. The summed E-state index contributed by atoms with van der Waals surface area (Å²) in [6.07, 6.45) is 3.31. The molecule has 0 aliphatic heterocycles. The molecular formula is C18H16N2O2. The van der Waals surface area contributed by atoms with Gasteiger partial charge in [-0.1, -0.05) is 36.4 Å². The molecule has 0 aliphatic carbocycles. The van der Waals surface area contributed by atoms with Crippen LogP contribution in [0.3, 0.4) is 0 Å². The van der Waals surface area contributed by atoms with Gasteiger partial charge in [-0.25, -0.2) is 4.79 Å². The van der Waals surface area contributed by atoms with Gasteiger partial charge in [0.25, 0.3) is 0 Å². The van der Waals surface area contributed by atoms with Crippen molar-refractivity contribution in [3.8, 4) is 0 Å². The van der Waals surface area contributed by atoms with Gasteiger partial charge >= 0.3 is 5.97 Å². The largest absolute Gasteiger partial charge is 0.463 e. The van der Waals surface area contributed by atoms with Crippen molar-refractivity contribution >= 4 is 22.4 Å². The Kier molecular flexibility index (Phi) is 4.01. The van der Waals surface area contributed by atoms with Crippen molar-refractivity contribution in [3.05, 3.63) is 71.9 Å².